The molecular formula is C11H22N2O2. The van der Waals surface area contributed by atoms with E-state index in [-0.39, 0.29) is 23.3 Å². The molecule has 1 fully saturated rings. The van der Waals surface area contributed by atoms with Crippen LogP contribution in [0.1, 0.15) is 33.6 Å². The van der Waals surface area contributed by atoms with Crippen molar-refractivity contribution in [1.82, 2.24) is 5.32 Å². The fraction of sp³-hybridized carbons (Fsp3) is 0.909. The van der Waals surface area contributed by atoms with E-state index in [4.69, 9.17) is 5.73 Å². The van der Waals surface area contributed by atoms with Crippen LogP contribution in [0, 0.1) is 11.3 Å². The zero-order chi connectivity index (χ0) is 11.6. The van der Waals surface area contributed by atoms with Gasteiger partial charge in [-0.15, -0.1) is 0 Å². The first-order chi connectivity index (χ1) is 6.89. The molecule has 0 heterocycles. The molecule has 1 aliphatic carbocycles. The molecule has 2 unspecified atom stereocenters. The van der Waals surface area contributed by atoms with Crippen LogP contribution >= 0.6 is 0 Å². The molecule has 1 rings (SSSR count). The highest BCUT2D eigenvalue weighted by Gasteiger charge is 2.49. The summed E-state index contributed by atoms with van der Waals surface area (Å²) in [5.74, 6) is 0.0944. The van der Waals surface area contributed by atoms with Crippen molar-refractivity contribution < 1.29 is 9.90 Å². The number of nitrogens with one attached hydrogen (secondary N) is 1. The average Bonchev–Trinajstić information content (AvgIpc) is 2.93. The first kappa shape index (κ1) is 12.5. The molecule has 0 aromatic heterocycles. The summed E-state index contributed by atoms with van der Waals surface area (Å²) in [6.45, 7) is 6.21. The summed E-state index contributed by atoms with van der Waals surface area (Å²) in [4.78, 5) is 11.3. The molecule has 15 heavy (non-hydrogen) atoms. The van der Waals surface area contributed by atoms with E-state index in [2.05, 4.69) is 5.32 Å². The van der Waals surface area contributed by atoms with Crippen LogP contribution in [0.4, 0.5) is 0 Å². The molecule has 0 aliphatic heterocycles. The van der Waals surface area contributed by atoms with E-state index >= 15 is 0 Å². The van der Waals surface area contributed by atoms with Crippen LogP contribution in [0.3, 0.4) is 0 Å². The maximum absolute atomic E-state index is 11.3. The van der Waals surface area contributed by atoms with Gasteiger partial charge >= 0.3 is 0 Å². The molecule has 0 aromatic carbocycles. The molecule has 2 atom stereocenters. The molecule has 1 saturated carbocycles. The molecule has 1 aliphatic rings. The van der Waals surface area contributed by atoms with Crippen LogP contribution in [0.25, 0.3) is 0 Å². The van der Waals surface area contributed by atoms with Gasteiger partial charge in [0.2, 0.25) is 5.91 Å². The monoisotopic (exact) mass is 214 g/mol. The molecule has 88 valence electrons. The van der Waals surface area contributed by atoms with Gasteiger partial charge < -0.3 is 16.2 Å². The van der Waals surface area contributed by atoms with Crippen molar-refractivity contribution in [3.63, 3.8) is 0 Å². The Morgan fingerprint density at radius 1 is 1.47 bits per heavy atom. The minimum atomic E-state index is -0.475. The first-order valence-corrected chi connectivity index (χ1v) is 5.60. The second-order valence-electron chi connectivity index (χ2n) is 5.06. The number of nitrogens with two attached hydrogens (primary N) is 1. The number of carbonyl (C=O) groups is 1. The van der Waals surface area contributed by atoms with E-state index in [0.717, 1.165) is 12.8 Å². The number of hydrogen-bond donors (Lipinski definition) is 3. The lowest BCUT2D eigenvalue weighted by molar-refractivity contribution is -0.122. The largest absolute Gasteiger partial charge is 0.392 e. The Balaban J connectivity index is 2.41. The lowest BCUT2D eigenvalue weighted by atomic mass is 9.90. The Hall–Kier alpha value is -0.610. The maximum atomic E-state index is 11.3. The quantitative estimate of drug-likeness (QED) is 0.614. The van der Waals surface area contributed by atoms with E-state index in [9.17, 15) is 9.90 Å². The average molecular weight is 214 g/mol. The second-order valence-corrected chi connectivity index (χ2v) is 5.06. The van der Waals surface area contributed by atoms with Crippen LogP contribution < -0.4 is 11.1 Å². The van der Waals surface area contributed by atoms with Gasteiger partial charge in [-0.1, -0.05) is 13.8 Å². The molecule has 4 N–H and O–H groups in total. The standard InChI is InChI=1S/C11H22N2O2/c1-7(2)9(14)11(4-5-11)6-13-10(15)8(3)12/h7-9,14H,4-6,12H2,1-3H3,(H,13,15). The van der Waals surface area contributed by atoms with E-state index in [1.165, 1.54) is 0 Å². The Labute approximate surface area is 91.2 Å². The van der Waals surface area contributed by atoms with Crippen LogP contribution in [-0.2, 0) is 4.79 Å². The molecular weight excluding hydrogens is 192 g/mol. The first-order valence-electron chi connectivity index (χ1n) is 5.60. The van der Waals surface area contributed by atoms with Crippen molar-refractivity contribution in [2.75, 3.05) is 6.54 Å². The summed E-state index contributed by atoms with van der Waals surface area (Å²) in [5.41, 5.74) is 5.36. The third-order valence-electron chi connectivity index (χ3n) is 3.18. The van der Waals surface area contributed by atoms with Crippen LogP contribution in [-0.4, -0.2) is 29.7 Å². The van der Waals surface area contributed by atoms with Crippen LogP contribution in [0.5, 0.6) is 0 Å². The van der Waals surface area contributed by atoms with Crippen molar-refractivity contribution in [1.29, 1.82) is 0 Å². The van der Waals surface area contributed by atoms with Crippen molar-refractivity contribution in [3.05, 3.63) is 0 Å². The van der Waals surface area contributed by atoms with Gasteiger partial charge in [-0.25, -0.2) is 0 Å². The molecule has 1 amide bonds. The van der Waals surface area contributed by atoms with Gasteiger partial charge in [0.05, 0.1) is 12.1 Å². The van der Waals surface area contributed by atoms with Gasteiger partial charge in [-0.3, -0.25) is 4.79 Å². The summed E-state index contributed by atoms with van der Waals surface area (Å²) >= 11 is 0. The smallest absolute Gasteiger partial charge is 0.236 e. The number of aliphatic hydroxyl groups excluding tert-OH is 1. The van der Waals surface area contributed by atoms with Gasteiger partial charge in [0.1, 0.15) is 0 Å². The van der Waals surface area contributed by atoms with E-state index in [0.29, 0.717) is 6.54 Å². The zero-order valence-electron chi connectivity index (χ0n) is 9.79. The zero-order valence-corrected chi connectivity index (χ0v) is 9.79. The minimum Gasteiger partial charge on any atom is -0.392 e. The highest BCUT2D eigenvalue weighted by atomic mass is 16.3. The Morgan fingerprint density at radius 2 is 2.00 bits per heavy atom. The number of hydrogen-bond acceptors (Lipinski definition) is 3. The molecule has 0 saturated heterocycles. The minimum absolute atomic E-state index is 0.0846. The fourth-order valence-electron chi connectivity index (χ4n) is 1.87. The van der Waals surface area contributed by atoms with Crippen molar-refractivity contribution in [2.24, 2.45) is 17.1 Å². The summed E-state index contributed by atoms with van der Waals surface area (Å²) < 4.78 is 0. The van der Waals surface area contributed by atoms with Gasteiger partial charge in [-0.05, 0) is 25.7 Å². The second kappa shape index (κ2) is 4.49. The normalized spacial score (nSPS) is 22.3. The maximum Gasteiger partial charge on any atom is 0.236 e. The number of carbonyl (C=O) groups excluding carboxylic acids is 1. The number of amides is 1. The van der Waals surface area contributed by atoms with E-state index in [1.54, 1.807) is 6.92 Å². The lowest BCUT2D eigenvalue weighted by Gasteiger charge is -2.26. The van der Waals surface area contributed by atoms with Crippen molar-refractivity contribution >= 4 is 5.91 Å². The SMILES string of the molecule is CC(N)C(=O)NCC1(C(O)C(C)C)CC1. The van der Waals surface area contributed by atoms with Gasteiger partial charge in [-0.2, -0.15) is 0 Å². The molecule has 0 spiro atoms. The van der Waals surface area contributed by atoms with E-state index in [1.807, 2.05) is 13.8 Å². The molecule has 0 radical (unpaired) electrons. The lowest BCUT2D eigenvalue weighted by Crippen LogP contribution is -2.44. The summed E-state index contributed by atoms with van der Waals surface area (Å²) in [5, 5.41) is 12.8. The predicted molar refractivity (Wildman–Crippen MR) is 59.2 cm³/mol. The van der Waals surface area contributed by atoms with Gasteiger partial charge in [0.25, 0.3) is 0 Å². The van der Waals surface area contributed by atoms with E-state index < -0.39 is 6.04 Å². The van der Waals surface area contributed by atoms with Crippen LogP contribution in [0.15, 0.2) is 0 Å². The Morgan fingerprint density at radius 3 is 2.33 bits per heavy atom. The fourth-order valence-corrected chi connectivity index (χ4v) is 1.87. The third kappa shape index (κ3) is 2.92. The Kier molecular flexibility index (Phi) is 3.73. The summed E-state index contributed by atoms with van der Waals surface area (Å²) in [6, 6.07) is -0.475. The van der Waals surface area contributed by atoms with Gasteiger partial charge in [0.15, 0.2) is 0 Å². The highest BCUT2D eigenvalue weighted by Crippen LogP contribution is 2.50. The topological polar surface area (TPSA) is 75.4 Å². The summed E-state index contributed by atoms with van der Waals surface area (Å²) in [7, 11) is 0. The Bertz CT molecular complexity index is 235. The highest BCUT2D eigenvalue weighted by molar-refractivity contribution is 5.81. The summed E-state index contributed by atoms with van der Waals surface area (Å²) in [6.07, 6.45) is 1.66. The van der Waals surface area contributed by atoms with Crippen molar-refractivity contribution in [2.45, 2.75) is 45.8 Å². The molecule has 0 bridgehead atoms. The number of aliphatic hydroxyl groups is 1. The van der Waals surface area contributed by atoms with Crippen LogP contribution in [0.2, 0.25) is 0 Å². The number of rotatable bonds is 5. The predicted octanol–water partition coefficient (Wildman–Crippen LogP) is 0.247. The van der Waals surface area contributed by atoms with Gasteiger partial charge in [0, 0.05) is 12.0 Å². The third-order valence-corrected chi connectivity index (χ3v) is 3.18. The molecule has 4 nitrogen and oxygen atoms in total. The van der Waals surface area contributed by atoms with Crippen molar-refractivity contribution in [3.8, 4) is 0 Å². The molecule has 0 aromatic rings. The molecule has 4 heteroatoms.